The van der Waals surface area contributed by atoms with Crippen LogP contribution in [0.25, 0.3) is 21.3 Å². The van der Waals surface area contributed by atoms with Crippen molar-refractivity contribution in [1.29, 1.82) is 0 Å². The number of thiophene rings is 1. The van der Waals surface area contributed by atoms with Crippen molar-refractivity contribution in [2.75, 3.05) is 5.32 Å². The molecular formula is C22H23N5O2S2. The van der Waals surface area contributed by atoms with E-state index in [4.69, 9.17) is 0 Å². The normalized spacial score (nSPS) is 12.3. The van der Waals surface area contributed by atoms with Crippen LogP contribution in [-0.2, 0) is 17.6 Å². The molecule has 0 saturated carbocycles. The molecule has 1 atom stereocenters. The van der Waals surface area contributed by atoms with Gasteiger partial charge in [-0.3, -0.25) is 14.3 Å². The van der Waals surface area contributed by atoms with Crippen LogP contribution in [0.2, 0.25) is 0 Å². The molecule has 3 aromatic heterocycles. The number of amides is 1. The summed E-state index contributed by atoms with van der Waals surface area (Å²) >= 11 is 2.88. The highest BCUT2D eigenvalue weighted by atomic mass is 32.2. The molecule has 0 aliphatic carbocycles. The van der Waals surface area contributed by atoms with Gasteiger partial charge in [-0.15, -0.1) is 23.1 Å². The number of anilines is 1. The average Bonchev–Trinajstić information content (AvgIpc) is 3.29. The van der Waals surface area contributed by atoms with E-state index in [1.54, 1.807) is 4.68 Å². The maximum Gasteiger partial charge on any atom is 0.260 e. The molecule has 0 saturated heterocycles. The van der Waals surface area contributed by atoms with E-state index in [1.807, 2.05) is 63.5 Å². The number of rotatable bonds is 6. The number of fused-ring (bicyclic) bond motifs is 1. The molecule has 4 rings (SSSR count). The van der Waals surface area contributed by atoms with Crippen molar-refractivity contribution < 1.29 is 4.79 Å². The third-order valence-electron chi connectivity index (χ3n) is 5.17. The monoisotopic (exact) mass is 453 g/mol. The lowest BCUT2D eigenvalue weighted by Crippen LogP contribution is -2.23. The van der Waals surface area contributed by atoms with Crippen molar-refractivity contribution in [1.82, 2.24) is 19.7 Å². The molecule has 31 heavy (non-hydrogen) atoms. The van der Waals surface area contributed by atoms with Crippen molar-refractivity contribution in [3.8, 4) is 11.1 Å². The minimum atomic E-state index is -0.316. The Kier molecular flexibility index (Phi) is 5.97. The number of hydrogen-bond donors (Lipinski definition) is 2. The average molecular weight is 454 g/mol. The summed E-state index contributed by atoms with van der Waals surface area (Å²) in [4.78, 5) is 33.6. The fourth-order valence-corrected chi connectivity index (χ4v) is 5.07. The van der Waals surface area contributed by atoms with Crippen molar-refractivity contribution in [3.05, 3.63) is 63.3 Å². The van der Waals surface area contributed by atoms with Crippen LogP contribution < -0.4 is 10.9 Å². The summed E-state index contributed by atoms with van der Waals surface area (Å²) in [6, 6.07) is 9.82. The maximum atomic E-state index is 12.8. The summed E-state index contributed by atoms with van der Waals surface area (Å²) in [5.41, 5.74) is 4.18. The Bertz CT molecular complexity index is 1310. The number of aryl methyl sites for hydroxylation is 2. The third kappa shape index (κ3) is 4.28. The Morgan fingerprint density at radius 1 is 1.29 bits per heavy atom. The lowest BCUT2D eigenvalue weighted by molar-refractivity contribution is -0.115. The molecule has 0 aliphatic rings. The minimum absolute atomic E-state index is 0.102. The van der Waals surface area contributed by atoms with Gasteiger partial charge in [0.15, 0.2) is 0 Å². The molecule has 160 valence electrons. The molecule has 3 heterocycles. The Hall–Kier alpha value is -2.91. The van der Waals surface area contributed by atoms with Gasteiger partial charge in [-0.2, -0.15) is 5.10 Å². The zero-order chi connectivity index (χ0) is 22.1. The van der Waals surface area contributed by atoms with E-state index in [0.717, 1.165) is 28.2 Å². The molecule has 0 radical (unpaired) electrons. The van der Waals surface area contributed by atoms with E-state index in [-0.39, 0.29) is 16.7 Å². The Morgan fingerprint density at radius 3 is 2.71 bits per heavy atom. The van der Waals surface area contributed by atoms with Crippen LogP contribution in [0, 0.1) is 13.8 Å². The van der Waals surface area contributed by atoms with Crippen molar-refractivity contribution in [2.24, 2.45) is 7.05 Å². The maximum absolute atomic E-state index is 12.8. The minimum Gasteiger partial charge on any atom is -0.322 e. The molecule has 0 bridgehead atoms. The van der Waals surface area contributed by atoms with Gasteiger partial charge in [-0.1, -0.05) is 30.3 Å². The molecule has 4 aromatic rings. The molecule has 1 aromatic carbocycles. The molecule has 9 heteroatoms. The smallest absolute Gasteiger partial charge is 0.260 e. The van der Waals surface area contributed by atoms with E-state index in [2.05, 4.69) is 20.4 Å². The van der Waals surface area contributed by atoms with Gasteiger partial charge in [-0.25, -0.2) is 4.98 Å². The first-order chi connectivity index (χ1) is 14.8. The van der Waals surface area contributed by atoms with Crippen LogP contribution in [0.4, 0.5) is 5.69 Å². The standard InChI is InChI=1S/C22H23N5O2S2/c1-12-19(13(2)27(4)26-12)25-20(28)14(3)30-11-17-23-21(29)18-16(10-31-22(18)24-17)15-8-6-5-7-9-15/h5-10,14H,11H2,1-4H3,(H,25,28)(H,23,24,29)/t14-/m1/s1. The van der Waals surface area contributed by atoms with Gasteiger partial charge in [-0.05, 0) is 26.3 Å². The molecule has 7 nitrogen and oxygen atoms in total. The van der Waals surface area contributed by atoms with E-state index in [9.17, 15) is 9.59 Å². The first kappa shape index (κ1) is 21.3. The predicted octanol–water partition coefficient (Wildman–Crippen LogP) is 4.26. The number of benzene rings is 1. The lowest BCUT2D eigenvalue weighted by Gasteiger charge is -2.12. The second kappa shape index (κ2) is 8.68. The van der Waals surface area contributed by atoms with Crippen molar-refractivity contribution in [2.45, 2.75) is 31.8 Å². The van der Waals surface area contributed by atoms with Gasteiger partial charge in [0, 0.05) is 18.0 Å². The number of carbonyl (C=O) groups excluding carboxylic acids is 1. The molecule has 0 unspecified atom stereocenters. The second-order valence-electron chi connectivity index (χ2n) is 7.32. The molecule has 1 amide bonds. The summed E-state index contributed by atoms with van der Waals surface area (Å²) in [7, 11) is 1.85. The van der Waals surface area contributed by atoms with E-state index in [0.29, 0.717) is 21.8 Å². The van der Waals surface area contributed by atoms with Crippen molar-refractivity contribution >= 4 is 44.9 Å². The zero-order valence-electron chi connectivity index (χ0n) is 17.7. The highest BCUT2D eigenvalue weighted by Crippen LogP contribution is 2.31. The van der Waals surface area contributed by atoms with E-state index in [1.165, 1.54) is 23.1 Å². The fourth-order valence-electron chi connectivity index (χ4n) is 3.35. The topological polar surface area (TPSA) is 92.7 Å². The SMILES string of the molecule is Cc1nn(C)c(C)c1NC(=O)[C@@H](C)SCc1nc2scc(-c3ccccc3)c2c(=O)[nH]1. The molecule has 2 N–H and O–H groups in total. The van der Waals surface area contributed by atoms with Gasteiger partial charge in [0.1, 0.15) is 10.7 Å². The van der Waals surface area contributed by atoms with E-state index < -0.39 is 0 Å². The van der Waals surface area contributed by atoms with Crippen LogP contribution in [0.1, 0.15) is 24.1 Å². The zero-order valence-corrected chi connectivity index (χ0v) is 19.4. The molecule has 0 fully saturated rings. The van der Waals surface area contributed by atoms with Gasteiger partial charge in [0.05, 0.1) is 33.5 Å². The van der Waals surface area contributed by atoms with Gasteiger partial charge in [0.2, 0.25) is 5.91 Å². The lowest BCUT2D eigenvalue weighted by atomic mass is 10.1. The number of H-pyrrole nitrogens is 1. The van der Waals surface area contributed by atoms with Crippen LogP contribution in [0.3, 0.4) is 0 Å². The van der Waals surface area contributed by atoms with Gasteiger partial charge < -0.3 is 10.3 Å². The third-order valence-corrected chi connectivity index (χ3v) is 7.20. The van der Waals surface area contributed by atoms with Gasteiger partial charge in [0.25, 0.3) is 5.56 Å². The van der Waals surface area contributed by atoms with Crippen LogP contribution in [0.5, 0.6) is 0 Å². The first-order valence-electron chi connectivity index (χ1n) is 9.83. The molecular weight excluding hydrogens is 430 g/mol. The Labute approximate surface area is 187 Å². The van der Waals surface area contributed by atoms with Gasteiger partial charge >= 0.3 is 0 Å². The van der Waals surface area contributed by atoms with Crippen molar-refractivity contribution in [3.63, 3.8) is 0 Å². The summed E-state index contributed by atoms with van der Waals surface area (Å²) in [6.45, 7) is 5.63. The summed E-state index contributed by atoms with van der Waals surface area (Å²) in [5.74, 6) is 0.899. The summed E-state index contributed by atoms with van der Waals surface area (Å²) < 4.78 is 1.75. The van der Waals surface area contributed by atoms with Crippen LogP contribution in [0.15, 0.2) is 40.5 Å². The number of nitrogens with one attached hydrogen (secondary N) is 2. The number of thioether (sulfide) groups is 1. The Morgan fingerprint density at radius 2 is 2.03 bits per heavy atom. The fraction of sp³-hybridized carbons (Fsp3) is 0.273. The summed E-state index contributed by atoms with van der Waals surface area (Å²) in [5, 5.41) is 9.55. The first-order valence-corrected chi connectivity index (χ1v) is 11.8. The van der Waals surface area contributed by atoms with Crippen LogP contribution >= 0.6 is 23.1 Å². The summed E-state index contributed by atoms with van der Waals surface area (Å²) in [6.07, 6.45) is 0. The number of hydrogen-bond acceptors (Lipinski definition) is 6. The number of nitrogens with zero attached hydrogens (tertiary/aromatic N) is 3. The number of aromatic amines is 1. The van der Waals surface area contributed by atoms with E-state index >= 15 is 0 Å². The molecule has 0 aliphatic heterocycles. The Balaban J connectivity index is 1.48. The largest absolute Gasteiger partial charge is 0.322 e. The molecule has 0 spiro atoms. The number of carbonyl (C=O) groups is 1. The second-order valence-corrected chi connectivity index (χ2v) is 9.51. The quantitative estimate of drug-likeness (QED) is 0.455. The highest BCUT2D eigenvalue weighted by Gasteiger charge is 2.19. The predicted molar refractivity (Wildman–Crippen MR) is 128 cm³/mol. The highest BCUT2D eigenvalue weighted by molar-refractivity contribution is 7.99. The number of aromatic nitrogens is 4. The van der Waals surface area contributed by atoms with Crippen LogP contribution in [-0.4, -0.2) is 30.9 Å².